The molecule has 1 unspecified atom stereocenters. The number of aromatic nitrogens is 3. The Bertz CT molecular complexity index is 1160. The fourth-order valence-electron chi connectivity index (χ4n) is 4.05. The Kier molecular flexibility index (Phi) is 8.28. The van der Waals surface area contributed by atoms with Crippen molar-refractivity contribution in [2.24, 2.45) is 13.0 Å². The van der Waals surface area contributed by atoms with Gasteiger partial charge in [0.2, 0.25) is 0 Å². The van der Waals surface area contributed by atoms with E-state index < -0.39 is 5.97 Å². The summed E-state index contributed by atoms with van der Waals surface area (Å²) >= 11 is 0. The number of fused-ring (bicyclic) bond motifs is 1. The molecular formula is C25H28N4O4. The molecule has 3 rings (SSSR count). The number of Topliss-reactive ketones (excluding diaryl/α,β-unsaturated/α-hetero) is 1. The molecule has 0 radical (unpaired) electrons. The lowest BCUT2D eigenvalue weighted by molar-refractivity contribution is -0.137. The number of carbonyl (C=O) groups is 2. The molecule has 0 fully saturated rings. The van der Waals surface area contributed by atoms with Crippen LogP contribution in [-0.2, 0) is 29.6 Å². The predicted molar refractivity (Wildman–Crippen MR) is 123 cm³/mol. The lowest BCUT2D eigenvalue weighted by Crippen LogP contribution is -2.12. The number of rotatable bonds is 12. The van der Waals surface area contributed by atoms with Gasteiger partial charge in [0.25, 0.3) is 0 Å². The molecule has 172 valence electrons. The van der Waals surface area contributed by atoms with E-state index in [0.29, 0.717) is 30.8 Å². The van der Waals surface area contributed by atoms with Gasteiger partial charge in [-0.1, -0.05) is 6.92 Å². The molecule has 0 aliphatic heterocycles. The molecule has 1 N–H and O–H groups in total. The summed E-state index contributed by atoms with van der Waals surface area (Å²) in [5.41, 5.74) is 3.81. The van der Waals surface area contributed by atoms with Crippen molar-refractivity contribution < 1.29 is 19.4 Å². The number of unbranched alkanes of at least 4 members (excludes halogenated alkanes) is 1. The van der Waals surface area contributed by atoms with E-state index in [-0.39, 0.29) is 24.5 Å². The van der Waals surface area contributed by atoms with Gasteiger partial charge >= 0.3 is 5.97 Å². The lowest BCUT2D eigenvalue weighted by Gasteiger charge is -2.11. The van der Waals surface area contributed by atoms with E-state index in [9.17, 15) is 14.9 Å². The second kappa shape index (κ2) is 11.3. The van der Waals surface area contributed by atoms with Crippen molar-refractivity contribution >= 4 is 22.7 Å². The number of hydrogen-bond donors (Lipinski definition) is 1. The fraction of sp³-hybridized carbons (Fsp3) is 0.400. The van der Waals surface area contributed by atoms with E-state index in [1.54, 1.807) is 31.5 Å². The summed E-state index contributed by atoms with van der Waals surface area (Å²) in [6.07, 6.45) is 7.35. The molecule has 0 aliphatic carbocycles. The first-order valence-electron chi connectivity index (χ1n) is 11.0. The normalized spacial score (nSPS) is 11.9. The van der Waals surface area contributed by atoms with Gasteiger partial charge in [-0.15, -0.1) is 0 Å². The average Bonchev–Trinajstić information content (AvgIpc) is 3.07. The van der Waals surface area contributed by atoms with Crippen LogP contribution in [0, 0.1) is 17.2 Å². The Balaban J connectivity index is 1.73. The smallest absolute Gasteiger partial charge is 0.303 e. The molecule has 8 nitrogen and oxygen atoms in total. The maximum Gasteiger partial charge on any atom is 0.303 e. The Morgan fingerprint density at radius 2 is 1.97 bits per heavy atom. The predicted octanol–water partition coefficient (Wildman–Crippen LogP) is 4.06. The van der Waals surface area contributed by atoms with Gasteiger partial charge in [-0.25, -0.2) is 9.97 Å². The molecule has 0 saturated carbocycles. The van der Waals surface area contributed by atoms with E-state index in [1.807, 2.05) is 17.7 Å². The van der Waals surface area contributed by atoms with E-state index in [2.05, 4.69) is 16.0 Å². The maximum absolute atomic E-state index is 13.3. The van der Waals surface area contributed by atoms with Gasteiger partial charge < -0.3 is 14.4 Å². The second-order valence-corrected chi connectivity index (χ2v) is 8.31. The Labute approximate surface area is 192 Å². The third kappa shape index (κ3) is 6.24. The topological polar surface area (TPSA) is 118 Å². The Hall–Kier alpha value is -3.57. The summed E-state index contributed by atoms with van der Waals surface area (Å²) in [5.74, 6) is -1.27. The number of ketones is 1. The summed E-state index contributed by atoms with van der Waals surface area (Å²) in [6, 6.07) is 7.49. The summed E-state index contributed by atoms with van der Waals surface area (Å²) in [5, 5.41) is 19.1. The van der Waals surface area contributed by atoms with Gasteiger partial charge in [0, 0.05) is 66.6 Å². The van der Waals surface area contributed by atoms with E-state index >= 15 is 0 Å². The van der Waals surface area contributed by atoms with Gasteiger partial charge in [-0.05, 0) is 43.4 Å². The number of carbonyl (C=O) groups excluding carboxylic acids is 1. The van der Waals surface area contributed by atoms with Crippen LogP contribution in [0.15, 0.2) is 36.9 Å². The maximum atomic E-state index is 13.3. The zero-order valence-corrected chi connectivity index (χ0v) is 19.0. The first-order chi connectivity index (χ1) is 15.9. The highest BCUT2D eigenvalue weighted by Gasteiger charge is 2.23. The third-order valence-electron chi connectivity index (χ3n) is 5.62. The van der Waals surface area contributed by atoms with Crippen molar-refractivity contribution in [3.8, 4) is 6.07 Å². The molecule has 2 aromatic heterocycles. The minimum atomic E-state index is -0.915. The first-order valence-corrected chi connectivity index (χ1v) is 11.0. The van der Waals surface area contributed by atoms with Crippen molar-refractivity contribution in [1.29, 1.82) is 5.26 Å². The number of carboxylic acid groups (broad SMARTS) is 1. The summed E-state index contributed by atoms with van der Waals surface area (Å²) in [4.78, 5) is 32.2. The molecule has 33 heavy (non-hydrogen) atoms. The number of nitriles is 1. The number of hydrogen-bond acceptors (Lipinski definition) is 6. The van der Waals surface area contributed by atoms with Crippen molar-refractivity contribution in [3.05, 3.63) is 59.3 Å². The lowest BCUT2D eigenvalue weighted by atomic mass is 9.94. The van der Waals surface area contributed by atoms with Crippen LogP contribution in [0.25, 0.3) is 10.9 Å². The van der Waals surface area contributed by atoms with Crippen molar-refractivity contribution in [3.63, 3.8) is 0 Å². The van der Waals surface area contributed by atoms with Crippen molar-refractivity contribution in [1.82, 2.24) is 14.5 Å². The van der Waals surface area contributed by atoms with E-state index in [4.69, 9.17) is 9.84 Å². The van der Waals surface area contributed by atoms with Crippen LogP contribution in [-0.4, -0.2) is 38.0 Å². The quantitative estimate of drug-likeness (QED) is 0.328. The number of ether oxygens (including phenoxy) is 1. The van der Waals surface area contributed by atoms with E-state index in [0.717, 1.165) is 35.0 Å². The largest absolute Gasteiger partial charge is 0.481 e. The molecule has 8 heteroatoms. The summed E-state index contributed by atoms with van der Waals surface area (Å²) in [7, 11) is 1.92. The fourth-order valence-corrected chi connectivity index (χ4v) is 4.05. The van der Waals surface area contributed by atoms with Gasteiger partial charge in [0.1, 0.15) is 6.33 Å². The van der Waals surface area contributed by atoms with Gasteiger partial charge in [-0.2, -0.15) is 5.26 Å². The van der Waals surface area contributed by atoms with Crippen molar-refractivity contribution in [2.75, 3.05) is 6.61 Å². The number of nitrogens with zero attached hydrogens (tertiary/aromatic N) is 4. The molecule has 0 bridgehead atoms. The molecule has 0 aliphatic rings. The molecule has 1 atom stereocenters. The van der Waals surface area contributed by atoms with Gasteiger partial charge in [0.05, 0.1) is 18.2 Å². The zero-order valence-electron chi connectivity index (χ0n) is 19.0. The van der Waals surface area contributed by atoms with Crippen LogP contribution in [0.1, 0.15) is 59.8 Å². The molecule has 0 amide bonds. The monoisotopic (exact) mass is 448 g/mol. The van der Waals surface area contributed by atoms with Crippen LogP contribution in [0.4, 0.5) is 0 Å². The second-order valence-electron chi connectivity index (χ2n) is 8.31. The van der Waals surface area contributed by atoms with Crippen LogP contribution in [0.5, 0.6) is 0 Å². The molecule has 0 spiro atoms. The molecule has 1 aromatic carbocycles. The highest BCUT2D eigenvalue weighted by Crippen LogP contribution is 2.30. The van der Waals surface area contributed by atoms with Gasteiger partial charge in [0.15, 0.2) is 5.78 Å². The highest BCUT2D eigenvalue weighted by atomic mass is 16.5. The Morgan fingerprint density at radius 1 is 1.21 bits per heavy atom. The number of carboxylic acids is 1. The number of aryl methyl sites for hydroxylation is 1. The molecule has 3 aromatic rings. The number of benzene rings is 1. The highest BCUT2D eigenvalue weighted by molar-refractivity contribution is 6.10. The van der Waals surface area contributed by atoms with Gasteiger partial charge in [-0.3, -0.25) is 9.59 Å². The molecular weight excluding hydrogens is 420 g/mol. The van der Waals surface area contributed by atoms with E-state index in [1.165, 1.54) is 6.33 Å². The number of aliphatic carboxylic acids is 1. The van der Waals surface area contributed by atoms with Crippen LogP contribution in [0.3, 0.4) is 0 Å². The molecule has 2 heterocycles. The minimum absolute atomic E-state index is 0.0565. The standard InChI is InChI=1S/C25H28N4O4/c1-17(10-24(31)32)9-23(30)25-20-11-18(12-26)6-7-21(20)29(2)22(25)5-3-4-8-33-15-19-13-27-16-28-14-19/h6-7,11,13-14,16-17H,3-5,8-10,15H2,1-2H3,(H,31,32). The third-order valence-corrected chi connectivity index (χ3v) is 5.62. The summed E-state index contributed by atoms with van der Waals surface area (Å²) < 4.78 is 7.71. The first kappa shape index (κ1) is 24.1. The average molecular weight is 449 g/mol. The summed E-state index contributed by atoms with van der Waals surface area (Å²) in [6.45, 7) is 2.81. The SMILES string of the molecule is CC(CC(=O)O)CC(=O)c1c(CCCCOCc2cncnc2)n(C)c2ccc(C#N)cc12. The minimum Gasteiger partial charge on any atom is -0.481 e. The Morgan fingerprint density at radius 3 is 2.67 bits per heavy atom. The molecule has 0 saturated heterocycles. The zero-order chi connectivity index (χ0) is 23.8. The van der Waals surface area contributed by atoms with Crippen molar-refractivity contribution in [2.45, 2.75) is 45.6 Å². The van der Waals surface area contributed by atoms with Crippen LogP contribution in [0.2, 0.25) is 0 Å². The van der Waals surface area contributed by atoms with Crippen LogP contribution < -0.4 is 0 Å². The van der Waals surface area contributed by atoms with Crippen LogP contribution >= 0.6 is 0 Å².